The highest BCUT2D eigenvalue weighted by atomic mass is 32.1. The van der Waals surface area contributed by atoms with Gasteiger partial charge in [-0.25, -0.2) is 4.98 Å². The van der Waals surface area contributed by atoms with Gasteiger partial charge in [-0.2, -0.15) is 0 Å². The summed E-state index contributed by atoms with van der Waals surface area (Å²) in [6.45, 7) is 2.49. The summed E-state index contributed by atoms with van der Waals surface area (Å²) < 4.78 is 0. The zero-order valence-electron chi connectivity index (χ0n) is 11.3. The number of nitrogens with zero attached hydrogens (tertiary/aromatic N) is 2. The summed E-state index contributed by atoms with van der Waals surface area (Å²) in [5, 5.41) is 6.05. The van der Waals surface area contributed by atoms with Gasteiger partial charge in [0, 0.05) is 25.2 Å². The number of para-hydroxylation sites is 1. The quantitative estimate of drug-likeness (QED) is 0.933. The fourth-order valence-electron chi connectivity index (χ4n) is 1.89. The van der Waals surface area contributed by atoms with Crippen molar-refractivity contribution in [1.82, 2.24) is 9.88 Å². The summed E-state index contributed by atoms with van der Waals surface area (Å²) in [4.78, 5) is 18.5. The van der Waals surface area contributed by atoms with Crippen LogP contribution >= 0.6 is 11.3 Å². The molecule has 1 N–H and O–H groups in total. The Labute approximate surface area is 117 Å². The van der Waals surface area contributed by atoms with Gasteiger partial charge in [0.15, 0.2) is 0 Å². The lowest BCUT2D eigenvalue weighted by Crippen LogP contribution is -2.27. The minimum atomic E-state index is -0.00407. The normalized spacial score (nSPS) is 10.3. The molecule has 1 aromatic carbocycles. The zero-order valence-corrected chi connectivity index (χ0v) is 12.1. The highest BCUT2D eigenvalue weighted by Crippen LogP contribution is 2.17. The predicted molar refractivity (Wildman–Crippen MR) is 78.6 cm³/mol. The second-order valence-corrected chi connectivity index (χ2v) is 5.38. The molecule has 0 saturated heterocycles. The van der Waals surface area contributed by atoms with Crippen LogP contribution in [-0.2, 0) is 6.54 Å². The lowest BCUT2D eigenvalue weighted by atomic mass is 10.1. The topological polar surface area (TPSA) is 45.2 Å². The summed E-state index contributed by atoms with van der Waals surface area (Å²) in [6.07, 6.45) is 0. The van der Waals surface area contributed by atoms with E-state index in [2.05, 4.69) is 10.3 Å². The van der Waals surface area contributed by atoms with Crippen LogP contribution in [0, 0.1) is 6.92 Å². The highest BCUT2D eigenvalue weighted by molar-refractivity contribution is 7.09. The third-order valence-corrected chi connectivity index (χ3v) is 3.66. The molecule has 5 heteroatoms. The Kier molecular flexibility index (Phi) is 4.16. The van der Waals surface area contributed by atoms with E-state index in [1.807, 2.05) is 43.6 Å². The van der Waals surface area contributed by atoms with Crippen LogP contribution in [0.15, 0.2) is 29.6 Å². The molecule has 0 aliphatic rings. The van der Waals surface area contributed by atoms with E-state index in [0.29, 0.717) is 12.1 Å². The first kappa shape index (κ1) is 13.5. The Balaban J connectivity index is 2.14. The molecule has 100 valence electrons. The molecule has 0 bridgehead atoms. The fourth-order valence-corrected chi connectivity index (χ4v) is 2.49. The number of carbonyl (C=O) groups is 1. The monoisotopic (exact) mass is 275 g/mol. The summed E-state index contributed by atoms with van der Waals surface area (Å²) in [7, 11) is 3.61. The van der Waals surface area contributed by atoms with Gasteiger partial charge in [0.25, 0.3) is 5.91 Å². The maximum Gasteiger partial charge on any atom is 0.256 e. The van der Waals surface area contributed by atoms with Crippen molar-refractivity contribution in [2.24, 2.45) is 0 Å². The summed E-state index contributed by atoms with van der Waals surface area (Å²) in [5.41, 5.74) is 2.45. The van der Waals surface area contributed by atoms with E-state index in [9.17, 15) is 4.79 Å². The molecule has 2 aromatic rings. The molecule has 0 atom stereocenters. The maximum absolute atomic E-state index is 12.4. The Hall–Kier alpha value is -1.88. The van der Waals surface area contributed by atoms with Crippen molar-refractivity contribution < 1.29 is 4.79 Å². The second-order valence-electron chi connectivity index (χ2n) is 4.31. The lowest BCUT2D eigenvalue weighted by molar-refractivity contribution is 0.0784. The lowest BCUT2D eigenvalue weighted by Gasteiger charge is -2.17. The SMILES string of the molecule is CNc1ccccc1C(=O)N(C)Cc1csc(C)n1. The molecule has 1 aromatic heterocycles. The third-order valence-electron chi connectivity index (χ3n) is 2.84. The standard InChI is InChI=1S/C14H17N3OS/c1-10-16-11(9-19-10)8-17(3)14(18)12-6-4-5-7-13(12)15-2/h4-7,9,15H,8H2,1-3H3. The van der Waals surface area contributed by atoms with Crippen molar-refractivity contribution in [3.63, 3.8) is 0 Å². The largest absolute Gasteiger partial charge is 0.387 e. The van der Waals surface area contributed by atoms with Crippen LogP contribution in [0.25, 0.3) is 0 Å². The van der Waals surface area contributed by atoms with E-state index in [1.165, 1.54) is 0 Å². The number of aromatic nitrogens is 1. The number of anilines is 1. The number of hydrogen-bond donors (Lipinski definition) is 1. The number of benzene rings is 1. The van der Waals surface area contributed by atoms with E-state index in [1.54, 1.807) is 23.3 Å². The number of amides is 1. The zero-order chi connectivity index (χ0) is 13.8. The first-order valence-corrected chi connectivity index (χ1v) is 6.93. The molecule has 0 radical (unpaired) electrons. The predicted octanol–water partition coefficient (Wildman–Crippen LogP) is 2.77. The Morgan fingerprint density at radius 1 is 1.42 bits per heavy atom. The van der Waals surface area contributed by atoms with E-state index >= 15 is 0 Å². The Bertz CT molecular complexity index is 580. The van der Waals surface area contributed by atoms with Crippen LogP contribution in [0.2, 0.25) is 0 Å². The molecule has 0 fully saturated rings. The number of rotatable bonds is 4. The van der Waals surface area contributed by atoms with Crippen molar-refractivity contribution in [3.8, 4) is 0 Å². The minimum absolute atomic E-state index is 0.00407. The number of hydrogen-bond acceptors (Lipinski definition) is 4. The average molecular weight is 275 g/mol. The van der Waals surface area contributed by atoms with Crippen LogP contribution < -0.4 is 5.32 Å². The van der Waals surface area contributed by atoms with Crippen LogP contribution in [0.5, 0.6) is 0 Å². The fraction of sp³-hybridized carbons (Fsp3) is 0.286. The van der Waals surface area contributed by atoms with Gasteiger partial charge in [0.2, 0.25) is 0 Å². The number of thiazole rings is 1. The van der Waals surface area contributed by atoms with Crippen LogP contribution in [0.3, 0.4) is 0 Å². The van der Waals surface area contributed by atoms with Gasteiger partial charge in [-0.3, -0.25) is 4.79 Å². The van der Waals surface area contributed by atoms with E-state index < -0.39 is 0 Å². The Morgan fingerprint density at radius 2 is 2.16 bits per heavy atom. The van der Waals surface area contributed by atoms with Crippen LogP contribution in [0.1, 0.15) is 21.1 Å². The van der Waals surface area contributed by atoms with E-state index in [4.69, 9.17) is 0 Å². The number of carbonyl (C=O) groups excluding carboxylic acids is 1. The molecule has 1 amide bonds. The van der Waals surface area contributed by atoms with E-state index in [0.717, 1.165) is 16.4 Å². The van der Waals surface area contributed by atoms with Crippen molar-refractivity contribution >= 4 is 22.9 Å². The van der Waals surface area contributed by atoms with Gasteiger partial charge < -0.3 is 10.2 Å². The molecule has 0 saturated carbocycles. The van der Waals surface area contributed by atoms with Crippen molar-refractivity contribution in [2.45, 2.75) is 13.5 Å². The smallest absolute Gasteiger partial charge is 0.256 e. The first-order valence-electron chi connectivity index (χ1n) is 6.05. The van der Waals surface area contributed by atoms with Crippen molar-refractivity contribution in [1.29, 1.82) is 0 Å². The van der Waals surface area contributed by atoms with Gasteiger partial charge in [-0.05, 0) is 19.1 Å². The van der Waals surface area contributed by atoms with Gasteiger partial charge in [-0.1, -0.05) is 12.1 Å². The van der Waals surface area contributed by atoms with Gasteiger partial charge in [-0.15, -0.1) is 11.3 Å². The van der Waals surface area contributed by atoms with Crippen molar-refractivity contribution in [3.05, 3.63) is 45.9 Å². The molecular weight excluding hydrogens is 258 g/mol. The molecule has 2 rings (SSSR count). The number of aryl methyl sites for hydroxylation is 1. The molecular formula is C14H17N3OS. The molecule has 0 spiro atoms. The molecule has 0 unspecified atom stereocenters. The minimum Gasteiger partial charge on any atom is -0.387 e. The summed E-state index contributed by atoms with van der Waals surface area (Å²) >= 11 is 1.60. The molecule has 0 aliphatic carbocycles. The maximum atomic E-state index is 12.4. The highest BCUT2D eigenvalue weighted by Gasteiger charge is 2.15. The molecule has 1 heterocycles. The van der Waals surface area contributed by atoms with Crippen molar-refractivity contribution in [2.75, 3.05) is 19.4 Å². The van der Waals surface area contributed by atoms with Gasteiger partial charge >= 0.3 is 0 Å². The average Bonchev–Trinajstić information content (AvgIpc) is 2.83. The summed E-state index contributed by atoms with van der Waals surface area (Å²) in [6, 6.07) is 7.51. The van der Waals surface area contributed by atoms with Gasteiger partial charge in [0.1, 0.15) is 0 Å². The second kappa shape index (κ2) is 5.84. The van der Waals surface area contributed by atoms with Gasteiger partial charge in [0.05, 0.1) is 22.8 Å². The Morgan fingerprint density at radius 3 is 2.79 bits per heavy atom. The third kappa shape index (κ3) is 3.12. The number of nitrogens with one attached hydrogen (secondary N) is 1. The van der Waals surface area contributed by atoms with Crippen LogP contribution in [0.4, 0.5) is 5.69 Å². The van der Waals surface area contributed by atoms with Crippen LogP contribution in [-0.4, -0.2) is 29.9 Å². The first-order chi connectivity index (χ1) is 9.11. The molecule has 4 nitrogen and oxygen atoms in total. The summed E-state index contributed by atoms with van der Waals surface area (Å²) in [5.74, 6) is -0.00407. The molecule has 0 aliphatic heterocycles. The molecule has 19 heavy (non-hydrogen) atoms. The van der Waals surface area contributed by atoms with E-state index in [-0.39, 0.29) is 5.91 Å².